The lowest BCUT2D eigenvalue weighted by Gasteiger charge is -2.04. The third kappa shape index (κ3) is 2.38. The maximum atomic E-state index is 10.6. The third-order valence-corrected chi connectivity index (χ3v) is 2.93. The Morgan fingerprint density at radius 3 is 2.47 bits per heavy atom. The Bertz CT molecular complexity index is 570. The molecule has 4 nitrogen and oxygen atoms in total. The summed E-state index contributed by atoms with van der Waals surface area (Å²) >= 11 is 11.9. The number of nitrogens with zero attached hydrogens (tertiary/aromatic N) is 2. The van der Waals surface area contributed by atoms with E-state index in [9.17, 15) is 4.79 Å². The number of hydrogen-bond acceptors (Lipinski definition) is 3. The number of aromatic carboxylic acids is 1. The van der Waals surface area contributed by atoms with Crippen molar-refractivity contribution < 1.29 is 9.90 Å². The van der Waals surface area contributed by atoms with Crippen molar-refractivity contribution in [1.29, 1.82) is 0 Å². The van der Waals surface area contributed by atoms with Crippen molar-refractivity contribution in [2.45, 2.75) is 0 Å². The van der Waals surface area contributed by atoms with Gasteiger partial charge in [0.2, 0.25) is 0 Å². The molecule has 0 fully saturated rings. The molecule has 1 heterocycles. The van der Waals surface area contributed by atoms with Crippen LogP contribution in [0.15, 0.2) is 30.3 Å². The lowest BCUT2D eigenvalue weighted by atomic mass is 10.1. The number of carboxylic acid groups (broad SMARTS) is 1. The molecule has 0 saturated heterocycles. The predicted molar refractivity (Wildman–Crippen MR) is 64.4 cm³/mol. The fraction of sp³-hybridized carbons (Fsp3) is 0. The molecule has 1 N–H and O–H groups in total. The summed E-state index contributed by atoms with van der Waals surface area (Å²) in [6, 6.07) is 8.03. The molecule has 1 aromatic carbocycles. The number of halogens is 2. The molecular weight excluding hydrogens is 263 g/mol. The van der Waals surface area contributed by atoms with Gasteiger partial charge in [-0.3, -0.25) is 0 Å². The second-order valence-corrected chi connectivity index (χ2v) is 4.00. The molecular formula is C11H6Cl2N2O2. The summed E-state index contributed by atoms with van der Waals surface area (Å²) in [7, 11) is 0. The Labute approximate surface area is 107 Å². The van der Waals surface area contributed by atoms with Gasteiger partial charge in [0, 0.05) is 5.56 Å². The Morgan fingerprint density at radius 1 is 1.12 bits per heavy atom. The Balaban J connectivity index is 2.47. The summed E-state index contributed by atoms with van der Waals surface area (Å²) in [5.41, 5.74) is 0.970. The van der Waals surface area contributed by atoms with Crippen molar-refractivity contribution in [3.8, 4) is 11.3 Å². The normalized spacial score (nSPS) is 10.2. The summed E-state index contributed by atoms with van der Waals surface area (Å²) in [6.07, 6.45) is 0. The van der Waals surface area contributed by atoms with Crippen LogP contribution in [0.25, 0.3) is 11.3 Å². The number of rotatable bonds is 2. The zero-order valence-electron chi connectivity index (χ0n) is 8.39. The van der Waals surface area contributed by atoms with Crippen LogP contribution in [0.1, 0.15) is 10.5 Å². The summed E-state index contributed by atoms with van der Waals surface area (Å²) in [5.74, 6) is -1.12. The smallest absolute Gasteiger partial charge is 0.356 e. The van der Waals surface area contributed by atoms with Crippen molar-refractivity contribution in [2.75, 3.05) is 0 Å². The van der Waals surface area contributed by atoms with E-state index in [0.29, 0.717) is 21.3 Å². The van der Waals surface area contributed by atoms with E-state index in [2.05, 4.69) is 10.2 Å². The highest BCUT2D eigenvalue weighted by Gasteiger charge is 2.10. The zero-order valence-corrected chi connectivity index (χ0v) is 9.90. The highest BCUT2D eigenvalue weighted by molar-refractivity contribution is 6.43. The van der Waals surface area contributed by atoms with Gasteiger partial charge < -0.3 is 5.11 Å². The van der Waals surface area contributed by atoms with E-state index in [1.165, 1.54) is 12.1 Å². The van der Waals surface area contributed by atoms with Crippen LogP contribution in [-0.4, -0.2) is 21.3 Å². The van der Waals surface area contributed by atoms with Gasteiger partial charge in [-0.15, -0.1) is 10.2 Å². The second-order valence-electron chi connectivity index (χ2n) is 3.21. The monoisotopic (exact) mass is 268 g/mol. The second kappa shape index (κ2) is 4.69. The number of aromatic nitrogens is 2. The molecule has 2 rings (SSSR count). The average molecular weight is 269 g/mol. The molecule has 6 heteroatoms. The molecule has 2 aromatic rings. The zero-order chi connectivity index (χ0) is 12.4. The Morgan fingerprint density at radius 2 is 1.88 bits per heavy atom. The van der Waals surface area contributed by atoms with Gasteiger partial charge in [-0.2, -0.15) is 0 Å². The number of carboxylic acids is 1. The molecule has 17 heavy (non-hydrogen) atoms. The minimum Gasteiger partial charge on any atom is -0.476 e. The molecule has 0 amide bonds. The topological polar surface area (TPSA) is 63.1 Å². The molecule has 0 radical (unpaired) electrons. The van der Waals surface area contributed by atoms with Crippen LogP contribution in [0.4, 0.5) is 0 Å². The SMILES string of the molecule is O=C(O)c1ccc(-c2cccc(Cl)c2Cl)nn1. The van der Waals surface area contributed by atoms with Crippen molar-refractivity contribution in [1.82, 2.24) is 10.2 Å². The lowest BCUT2D eigenvalue weighted by Crippen LogP contribution is -2.02. The summed E-state index contributed by atoms with van der Waals surface area (Å²) in [5, 5.41) is 16.8. The minimum absolute atomic E-state index is 0.119. The maximum Gasteiger partial charge on any atom is 0.356 e. The first-order chi connectivity index (χ1) is 8.09. The van der Waals surface area contributed by atoms with Crippen LogP contribution in [0.5, 0.6) is 0 Å². The van der Waals surface area contributed by atoms with E-state index in [0.717, 1.165) is 0 Å². The van der Waals surface area contributed by atoms with Crippen molar-refractivity contribution in [3.63, 3.8) is 0 Å². The summed E-state index contributed by atoms with van der Waals surface area (Å²) in [4.78, 5) is 10.6. The fourth-order valence-corrected chi connectivity index (χ4v) is 1.69. The van der Waals surface area contributed by atoms with Crippen molar-refractivity contribution in [3.05, 3.63) is 46.1 Å². The van der Waals surface area contributed by atoms with Crippen LogP contribution < -0.4 is 0 Å². The Hall–Kier alpha value is -1.65. The van der Waals surface area contributed by atoms with Gasteiger partial charge in [-0.1, -0.05) is 35.3 Å². The molecule has 0 atom stereocenters. The molecule has 0 aliphatic heterocycles. The first kappa shape index (κ1) is 11.8. The van der Waals surface area contributed by atoms with Crippen LogP contribution in [0.3, 0.4) is 0 Å². The van der Waals surface area contributed by atoms with Crippen LogP contribution >= 0.6 is 23.2 Å². The first-order valence-electron chi connectivity index (χ1n) is 4.61. The van der Waals surface area contributed by atoms with Gasteiger partial charge in [0.25, 0.3) is 0 Å². The van der Waals surface area contributed by atoms with Crippen LogP contribution in [0, 0.1) is 0 Å². The molecule has 0 spiro atoms. The van der Waals surface area contributed by atoms with E-state index in [-0.39, 0.29) is 5.69 Å². The molecule has 0 aliphatic carbocycles. The van der Waals surface area contributed by atoms with Gasteiger partial charge in [0.1, 0.15) is 0 Å². The quantitative estimate of drug-likeness (QED) is 0.909. The predicted octanol–water partition coefficient (Wildman–Crippen LogP) is 3.15. The van der Waals surface area contributed by atoms with Crippen LogP contribution in [-0.2, 0) is 0 Å². The summed E-state index contributed by atoms with van der Waals surface area (Å²) < 4.78 is 0. The Kier molecular flexibility index (Phi) is 3.26. The van der Waals surface area contributed by atoms with E-state index >= 15 is 0 Å². The third-order valence-electron chi connectivity index (χ3n) is 2.11. The molecule has 0 saturated carbocycles. The average Bonchev–Trinajstić information content (AvgIpc) is 2.33. The van der Waals surface area contributed by atoms with Gasteiger partial charge in [0.05, 0.1) is 15.7 Å². The minimum atomic E-state index is -1.12. The summed E-state index contributed by atoms with van der Waals surface area (Å²) in [6.45, 7) is 0. The molecule has 0 aliphatic rings. The van der Waals surface area contributed by atoms with Gasteiger partial charge in [-0.05, 0) is 18.2 Å². The van der Waals surface area contributed by atoms with E-state index < -0.39 is 5.97 Å². The molecule has 1 aromatic heterocycles. The number of benzene rings is 1. The molecule has 86 valence electrons. The standard InChI is InChI=1S/C11H6Cl2N2O2/c12-7-3-1-2-6(10(7)13)8-4-5-9(11(16)17)15-14-8/h1-5H,(H,16,17). The lowest BCUT2D eigenvalue weighted by molar-refractivity contribution is 0.0689. The van der Waals surface area contributed by atoms with Crippen molar-refractivity contribution in [2.24, 2.45) is 0 Å². The van der Waals surface area contributed by atoms with E-state index in [1.54, 1.807) is 18.2 Å². The van der Waals surface area contributed by atoms with Gasteiger partial charge in [-0.25, -0.2) is 4.79 Å². The van der Waals surface area contributed by atoms with Crippen molar-refractivity contribution >= 4 is 29.2 Å². The van der Waals surface area contributed by atoms with Gasteiger partial charge >= 0.3 is 5.97 Å². The number of carbonyl (C=O) groups is 1. The van der Waals surface area contributed by atoms with Crippen LogP contribution in [0.2, 0.25) is 10.0 Å². The van der Waals surface area contributed by atoms with Gasteiger partial charge in [0.15, 0.2) is 5.69 Å². The molecule has 0 unspecified atom stereocenters. The maximum absolute atomic E-state index is 10.6. The highest BCUT2D eigenvalue weighted by Crippen LogP contribution is 2.31. The van der Waals surface area contributed by atoms with E-state index in [1.807, 2.05) is 0 Å². The number of hydrogen-bond donors (Lipinski definition) is 1. The fourth-order valence-electron chi connectivity index (χ4n) is 1.29. The highest BCUT2D eigenvalue weighted by atomic mass is 35.5. The molecule has 0 bridgehead atoms. The van der Waals surface area contributed by atoms with E-state index in [4.69, 9.17) is 28.3 Å². The first-order valence-corrected chi connectivity index (χ1v) is 5.36. The largest absolute Gasteiger partial charge is 0.476 e.